The summed E-state index contributed by atoms with van der Waals surface area (Å²) in [4.78, 5) is 33.6. The van der Waals surface area contributed by atoms with Crippen molar-refractivity contribution in [2.24, 2.45) is 5.92 Å². The summed E-state index contributed by atoms with van der Waals surface area (Å²) in [5.74, 6) is -0.00293. The van der Waals surface area contributed by atoms with E-state index in [0.29, 0.717) is 37.5 Å². The molecule has 0 aromatic rings. The largest absolute Gasteiger partial charge is 0.469 e. The van der Waals surface area contributed by atoms with Gasteiger partial charge in [0.2, 0.25) is 5.91 Å². The molecule has 0 aromatic carbocycles. The molecule has 6 nitrogen and oxygen atoms in total. The predicted octanol–water partition coefficient (Wildman–Crippen LogP) is 0.988. The number of esters is 2. The van der Waals surface area contributed by atoms with Gasteiger partial charge in [-0.2, -0.15) is 11.8 Å². The van der Waals surface area contributed by atoms with Crippen LogP contribution in [-0.2, 0) is 23.9 Å². The highest BCUT2D eigenvalue weighted by Crippen LogP contribution is 2.09. The average molecular weight is 305 g/mol. The number of nitrogens with one attached hydrogen (secondary N) is 1. The first-order valence-corrected chi connectivity index (χ1v) is 7.74. The van der Waals surface area contributed by atoms with Crippen molar-refractivity contribution in [3.8, 4) is 0 Å². The van der Waals surface area contributed by atoms with Crippen molar-refractivity contribution in [2.75, 3.05) is 31.8 Å². The van der Waals surface area contributed by atoms with Crippen LogP contribution in [0.5, 0.6) is 0 Å². The van der Waals surface area contributed by atoms with Crippen molar-refractivity contribution >= 4 is 29.6 Å². The Morgan fingerprint density at radius 3 is 2.60 bits per heavy atom. The van der Waals surface area contributed by atoms with Crippen molar-refractivity contribution < 1.29 is 23.9 Å². The summed E-state index contributed by atoms with van der Waals surface area (Å²) < 4.78 is 9.37. The molecule has 0 rings (SSSR count). The van der Waals surface area contributed by atoms with E-state index in [-0.39, 0.29) is 23.8 Å². The minimum atomic E-state index is -0.271. The van der Waals surface area contributed by atoms with Crippen molar-refractivity contribution in [3.63, 3.8) is 0 Å². The molecule has 0 saturated heterocycles. The molecule has 116 valence electrons. The van der Waals surface area contributed by atoms with E-state index in [1.54, 1.807) is 13.8 Å². The highest BCUT2D eigenvalue weighted by atomic mass is 32.2. The van der Waals surface area contributed by atoms with Crippen LogP contribution < -0.4 is 5.32 Å². The maximum atomic E-state index is 11.5. The SMILES string of the molecule is CCOC(=O)CCCNC(=O)CSCC(C)C(=O)OC. The minimum Gasteiger partial charge on any atom is -0.469 e. The minimum absolute atomic E-state index is 0.101. The maximum absolute atomic E-state index is 11.5. The monoisotopic (exact) mass is 305 g/mol. The highest BCUT2D eigenvalue weighted by Gasteiger charge is 2.13. The standard InChI is InChI=1S/C13H23NO5S/c1-4-19-12(16)6-5-7-14-11(15)9-20-8-10(2)13(17)18-3/h10H,4-9H2,1-3H3,(H,14,15). The second kappa shape index (κ2) is 11.6. The van der Waals surface area contributed by atoms with Gasteiger partial charge in [-0.25, -0.2) is 0 Å². The zero-order valence-corrected chi connectivity index (χ0v) is 13.1. The van der Waals surface area contributed by atoms with E-state index in [0.717, 1.165) is 0 Å². The summed E-state index contributed by atoms with van der Waals surface area (Å²) in [6.07, 6.45) is 0.869. The molecule has 20 heavy (non-hydrogen) atoms. The summed E-state index contributed by atoms with van der Waals surface area (Å²) in [7, 11) is 1.35. The molecule has 0 saturated carbocycles. The number of amides is 1. The van der Waals surface area contributed by atoms with Gasteiger partial charge in [-0.15, -0.1) is 0 Å². The molecule has 1 amide bonds. The normalized spacial score (nSPS) is 11.6. The molecule has 0 spiro atoms. The molecule has 1 N–H and O–H groups in total. The van der Waals surface area contributed by atoms with Crippen LogP contribution in [0.25, 0.3) is 0 Å². The van der Waals surface area contributed by atoms with Crippen LogP contribution in [0.4, 0.5) is 0 Å². The molecular formula is C13H23NO5S. The smallest absolute Gasteiger partial charge is 0.309 e. The van der Waals surface area contributed by atoms with Crippen molar-refractivity contribution in [1.29, 1.82) is 0 Å². The van der Waals surface area contributed by atoms with Crippen molar-refractivity contribution in [2.45, 2.75) is 26.7 Å². The Morgan fingerprint density at radius 1 is 1.30 bits per heavy atom. The number of thioether (sulfide) groups is 1. The molecule has 0 heterocycles. The van der Waals surface area contributed by atoms with E-state index in [1.165, 1.54) is 18.9 Å². The molecule has 0 aliphatic carbocycles. The van der Waals surface area contributed by atoms with Gasteiger partial charge in [0.25, 0.3) is 0 Å². The molecule has 0 aromatic heterocycles. The van der Waals surface area contributed by atoms with Crippen molar-refractivity contribution in [3.05, 3.63) is 0 Å². The van der Waals surface area contributed by atoms with Crippen LogP contribution in [0.1, 0.15) is 26.7 Å². The first-order chi connectivity index (χ1) is 9.51. The average Bonchev–Trinajstić information content (AvgIpc) is 2.42. The number of ether oxygens (including phenoxy) is 2. The fourth-order valence-electron chi connectivity index (χ4n) is 1.34. The lowest BCUT2D eigenvalue weighted by Crippen LogP contribution is -2.27. The van der Waals surface area contributed by atoms with E-state index in [4.69, 9.17) is 4.74 Å². The van der Waals surface area contributed by atoms with Gasteiger partial charge in [-0.1, -0.05) is 6.92 Å². The zero-order chi connectivity index (χ0) is 15.4. The molecule has 1 atom stereocenters. The lowest BCUT2D eigenvalue weighted by molar-refractivity contribution is -0.144. The molecule has 0 aliphatic rings. The van der Waals surface area contributed by atoms with Gasteiger partial charge in [0, 0.05) is 18.7 Å². The van der Waals surface area contributed by atoms with E-state index in [1.807, 2.05) is 0 Å². The Balaban J connectivity index is 3.55. The van der Waals surface area contributed by atoms with Crippen LogP contribution in [0.3, 0.4) is 0 Å². The summed E-state index contributed by atoms with van der Waals surface area (Å²) in [6.45, 7) is 4.34. The van der Waals surface area contributed by atoms with E-state index in [9.17, 15) is 14.4 Å². The topological polar surface area (TPSA) is 81.7 Å². The quantitative estimate of drug-likeness (QED) is 0.479. The maximum Gasteiger partial charge on any atom is 0.309 e. The molecule has 0 radical (unpaired) electrons. The van der Waals surface area contributed by atoms with Gasteiger partial charge in [-0.3, -0.25) is 14.4 Å². The number of carbonyl (C=O) groups excluding carboxylic acids is 3. The third-order valence-corrected chi connectivity index (χ3v) is 3.59. The number of hydrogen-bond donors (Lipinski definition) is 1. The lowest BCUT2D eigenvalue weighted by Gasteiger charge is -2.08. The van der Waals surface area contributed by atoms with Gasteiger partial charge in [0.15, 0.2) is 0 Å². The molecule has 0 fully saturated rings. The van der Waals surface area contributed by atoms with Gasteiger partial charge in [-0.05, 0) is 13.3 Å². The molecule has 7 heteroatoms. The number of rotatable bonds is 10. The predicted molar refractivity (Wildman–Crippen MR) is 77.4 cm³/mol. The van der Waals surface area contributed by atoms with E-state index in [2.05, 4.69) is 10.1 Å². The van der Waals surface area contributed by atoms with Crippen LogP contribution >= 0.6 is 11.8 Å². The molecule has 0 aliphatic heterocycles. The van der Waals surface area contributed by atoms with Crippen LogP contribution in [0.15, 0.2) is 0 Å². The first-order valence-electron chi connectivity index (χ1n) is 6.59. The summed E-state index contributed by atoms with van der Waals surface area (Å²) in [6, 6.07) is 0. The second-order valence-electron chi connectivity index (χ2n) is 4.20. The van der Waals surface area contributed by atoms with Gasteiger partial charge in [0.1, 0.15) is 0 Å². The lowest BCUT2D eigenvalue weighted by atomic mass is 10.2. The summed E-state index contributed by atoms with van der Waals surface area (Å²) in [5.41, 5.74) is 0. The zero-order valence-electron chi connectivity index (χ0n) is 12.3. The molecule has 1 unspecified atom stereocenters. The number of carbonyl (C=O) groups is 3. The van der Waals surface area contributed by atoms with Crippen LogP contribution in [-0.4, -0.2) is 49.6 Å². The van der Waals surface area contributed by atoms with E-state index < -0.39 is 0 Å². The van der Waals surface area contributed by atoms with Gasteiger partial charge >= 0.3 is 11.9 Å². The molecular weight excluding hydrogens is 282 g/mol. The Bertz CT molecular complexity index is 322. The molecule has 0 bridgehead atoms. The van der Waals surface area contributed by atoms with Crippen LogP contribution in [0, 0.1) is 5.92 Å². The Hall–Kier alpha value is -1.24. The van der Waals surface area contributed by atoms with Crippen LogP contribution in [0.2, 0.25) is 0 Å². The fourth-order valence-corrected chi connectivity index (χ4v) is 2.24. The van der Waals surface area contributed by atoms with Crippen molar-refractivity contribution in [1.82, 2.24) is 5.32 Å². The second-order valence-corrected chi connectivity index (χ2v) is 5.23. The number of methoxy groups -OCH3 is 1. The summed E-state index contributed by atoms with van der Waals surface area (Å²) in [5, 5.41) is 2.71. The third-order valence-electron chi connectivity index (χ3n) is 2.39. The van der Waals surface area contributed by atoms with Gasteiger partial charge in [0.05, 0.1) is 25.4 Å². The Kier molecular flexibility index (Phi) is 10.9. The Labute approximate surface area is 124 Å². The fraction of sp³-hybridized carbons (Fsp3) is 0.769. The first kappa shape index (κ1) is 18.8. The Morgan fingerprint density at radius 2 is 2.00 bits per heavy atom. The number of hydrogen-bond acceptors (Lipinski definition) is 6. The van der Waals surface area contributed by atoms with E-state index >= 15 is 0 Å². The van der Waals surface area contributed by atoms with Gasteiger partial charge < -0.3 is 14.8 Å². The highest BCUT2D eigenvalue weighted by molar-refractivity contribution is 7.99. The summed E-state index contributed by atoms with van der Waals surface area (Å²) >= 11 is 1.38. The third kappa shape index (κ3) is 9.66.